The minimum absolute atomic E-state index is 0.0806. The first-order valence-corrected chi connectivity index (χ1v) is 20.8. The van der Waals surface area contributed by atoms with Gasteiger partial charge < -0.3 is 39.8 Å². The number of tetrazole rings is 1. The van der Waals surface area contributed by atoms with Crippen LogP contribution in [0.3, 0.4) is 0 Å². The van der Waals surface area contributed by atoms with Crippen LogP contribution in [0.1, 0.15) is 46.6 Å². The van der Waals surface area contributed by atoms with Gasteiger partial charge >= 0.3 is 12.1 Å². The fourth-order valence-corrected chi connectivity index (χ4v) is 8.20. The molecule has 0 radical (unpaired) electrons. The first kappa shape index (κ1) is 42.5. The molecule has 6 aromatic rings. The Morgan fingerprint density at radius 2 is 1.70 bits per heavy atom. The van der Waals surface area contributed by atoms with Crippen LogP contribution in [0.2, 0.25) is 0 Å². The van der Waals surface area contributed by atoms with Crippen molar-refractivity contribution in [3.63, 3.8) is 0 Å². The third kappa shape index (κ3) is 8.38. The second-order valence-corrected chi connectivity index (χ2v) is 15.5. The number of rotatable bonds is 13. The van der Waals surface area contributed by atoms with Gasteiger partial charge in [-0.2, -0.15) is 27.9 Å². The monoisotopic (exact) mass is 883 g/mol. The number of nitrogens with one attached hydrogen (secondary N) is 2. The van der Waals surface area contributed by atoms with Crippen molar-refractivity contribution < 1.29 is 42.1 Å². The molecule has 4 aromatic heterocycles. The number of alkyl halides is 3. The van der Waals surface area contributed by atoms with E-state index in [1.54, 1.807) is 19.2 Å². The summed E-state index contributed by atoms with van der Waals surface area (Å²) in [5.74, 6) is -1.91. The van der Waals surface area contributed by atoms with Crippen LogP contribution in [0.15, 0.2) is 85.3 Å². The van der Waals surface area contributed by atoms with Gasteiger partial charge in [0.15, 0.2) is 23.1 Å². The lowest BCUT2D eigenvalue weighted by atomic mass is 9.91. The summed E-state index contributed by atoms with van der Waals surface area (Å²) in [6, 6.07) is 23.1. The summed E-state index contributed by atoms with van der Waals surface area (Å²) < 4.78 is 57.8. The molecule has 3 aliphatic heterocycles. The molecule has 19 nitrogen and oxygen atoms in total. The summed E-state index contributed by atoms with van der Waals surface area (Å²) in [5, 5.41) is 31.0. The number of carbonyl (C=O) groups is 2. The molecule has 0 spiro atoms. The summed E-state index contributed by atoms with van der Waals surface area (Å²) >= 11 is 0. The average Bonchev–Trinajstić information content (AvgIpc) is 4.15. The number of nitrogens with zero attached hydrogens (tertiary/aromatic N) is 11. The van der Waals surface area contributed by atoms with Crippen LogP contribution >= 0.6 is 0 Å². The Bertz CT molecular complexity index is 2540. The van der Waals surface area contributed by atoms with E-state index in [2.05, 4.69) is 40.9 Å². The van der Waals surface area contributed by atoms with E-state index >= 15 is 0 Å². The molecule has 0 bridgehead atoms. The summed E-state index contributed by atoms with van der Waals surface area (Å²) in [7, 11) is 0. The van der Waals surface area contributed by atoms with E-state index in [1.165, 1.54) is 15.7 Å². The van der Waals surface area contributed by atoms with Gasteiger partial charge in [-0.3, -0.25) is 9.36 Å². The maximum atomic E-state index is 13.5. The van der Waals surface area contributed by atoms with Crippen molar-refractivity contribution >= 4 is 40.6 Å². The zero-order valence-corrected chi connectivity index (χ0v) is 34.5. The Hall–Kier alpha value is -6.78. The van der Waals surface area contributed by atoms with Gasteiger partial charge in [0, 0.05) is 50.9 Å². The first-order valence-electron chi connectivity index (χ1n) is 20.8. The predicted molar refractivity (Wildman–Crippen MR) is 222 cm³/mol. The number of pyridine rings is 1. The second kappa shape index (κ2) is 17.8. The molecule has 3 aliphatic rings. The van der Waals surface area contributed by atoms with Gasteiger partial charge in [0.1, 0.15) is 18.2 Å². The number of fused-ring (bicyclic) bond motifs is 1. The highest BCUT2D eigenvalue weighted by atomic mass is 19.4. The molecule has 64 heavy (non-hydrogen) atoms. The number of aryl methyl sites for hydroxylation is 1. The SMILES string of the molecule is CCn1nnc([C@@]2(n3cnc4c(NCC(c5ccccc5)c5ccccc5)nc(N5CC[C@@H](NC(=O)c6ccc(N7CCOCC7)nc6)C5)nc43)OC[C@H](OC(=O)C(F)(F)F)[C@H]2O)n1. The van der Waals surface area contributed by atoms with Crippen molar-refractivity contribution in [2.45, 2.75) is 56.0 Å². The summed E-state index contributed by atoms with van der Waals surface area (Å²) in [5.41, 5.74) is 0.555. The number of aliphatic hydroxyl groups excluding tert-OH is 1. The van der Waals surface area contributed by atoms with Crippen molar-refractivity contribution in [2.75, 3.05) is 67.7 Å². The number of carbonyl (C=O) groups excluding carboxylic acids is 2. The molecule has 3 N–H and O–H groups in total. The number of hydrogen-bond acceptors (Lipinski definition) is 16. The molecule has 22 heteroatoms. The van der Waals surface area contributed by atoms with Crippen molar-refractivity contribution in [3.05, 3.63) is 108 Å². The molecular weight excluding hydrogens is 840 g/mol. The zero-order chi connectivity index (χ0) is 44.4. The van der Waals surface area contributed by atoms with Crippen molar-refractivity contribution in [3.8, 4) is 0 Å². The van der Waals surface area contributed by atoms with E-state index < -0.39 is 36.7 Å². The molecule has 334 valence electrons. The molecule has 3 saturated heterocycles. The second-order valence-electron chi connectivity index (χ2n) is 15.5. The van der Waals surface area contributed by atoms with Crippen LogP contribution in [-0.4, -0.2) is 139 Å². The van der Waals surface area contributed by atoms with Crippen LogP contribution in [0.5, 0.6) is 0 Å². The maximum absolute atomic E-state index is 13.5. The summed E-state index contributed by atoms with van der Waals surface area (Å²) in [6.07, 6.45) is -5.75. The quantitative estimate of drug-likeness (QED) is 0.142. The number of aromatic nitrogens is 9. The van der Waals surface area contributed by atoms with Crippen molar-refractivity contribution in [1.82, 2.24) is 50.0 Å². The van der Waals surface area contributed by atoms with Gasteiger partial charge in [-0.1, -0.05) is 60.7 Å². The molecule has 0 unspecified atom stereocenters. The van der Waals surface area contributed by atoms with E-state index in [9.17, 15) is 27.9 Å². The number of morpholine rings is 1. The van der Waals surface area contributed by atoms with Crippen molar-refractivity contribution in [1.29, 1.82) is 0 Å². The highest BCUT2D eigenvalue weighted by Crippen LogP contribution is 2.41. The smallest absolute Gasteiger partial charge is 0.450 e. The van der Waals surface area contributed by atoms with Crippen LogP contribution in [0.25, 0.3) is 11.2 Å². The Morgan fingerprint density at radius 1 is 0.969 bits per heavy atom. The highest BCUT2D eigenvalue weighted by molar-refractivity contribution is 5.94. The number of hydrogen-bond donors (Lipinski definition) is 3. The zero-order valence-electron chi connectivity index (χ0n) is 34.5. The lowest BCUT2D eigenvalue weighted by molar-refractivity contribution is -0.208. The number of anilines is 3. The third-order valence-corrected chi connectivity index (χ3v) is 11.5. The van der Waals surface area contributed by atoms with Gasteiger partial charge in [0.2, 0.25) is 17.5 Å². The van der Waals surface area contributed by atoms with Gasteiger partial charge in [-0.05, 0) is 41.8 Å². The fraction of sp³-hybridized carbons (Fsp3) is 0.405. The topological polar surface area (TPSA) is 213 Å². The van der Waals surface area contributed by atoms with Gasteiger partial charge in [0.25, 0.3) is 5.91 Å². The van der Waals surface area contributed by atoms with Gasteiger partial charge in [0.05, 0.1) is 31.9 Å². The molecule has 9 rings (SSSR count). The predicted octanol–water partition coefficient (Wildman–Crippen LogP) is 2.88. The number of ether oxygens (including phenoxy) is 3. The number of benzene rings is 2. The molecule has 0 saturated carbocycles. The molecular formula is C42H44F3N13O6. The Kier molecular flexibility index (Phi) is 11.8. The number of amides is 1. The Morgan fingerprint density at radius 3 is 2.36 bits per heavy atom. The largest absolute Gasteiger partial charge is 0.490 e. The van der Waals surface area contributed by atoms with Crippen LogP contribution in [0.4, 0.5) is 30.8 Å². The minimum Gasteiger partial charge on any atom is -0.450 e. The number of imidazole rings is 1. The molecule has 4 atom stereocenters. The Labute approximate surface area is 363 Å². The van der Waals surface area contributed by atoms with Crippen molar-refractivity contribution in [2.24, 2.45) is 0 Å². The molecule has 2 aromatic carbocycles. The number of aliphatic hydroxyl groups is 1. The van der Waals surface area contributed by atoms with Crippen LogP contribution < -0.4 is 20.4 Å². The van der Waals surface area contributed by atoms with E-state index in [-0.39, 0.29) is 47.3 Å². The number of halogens is 3. The molecule has 7 heterocycles. The first-order chi connectivity index (χ1) is 31.0. The van der Waals surface area contributed by atoms with Crippen LogP contribution in [-0.2, 0) is 31.3 Å². The molecule has 0 aliphatic carbocycles. The summed E-state index contributed by atoms with van der Waals surface area (Å²) in [6.45, 7) is 5.07. The lowest BCUT2D eigenvalue weighted by Crippen LogP contribution is -2.49. The van der Waals surface area contributed by atoms with Gasteiger partial charge in [-0.15, -0.1) is 10.2 Å². The molecule has 3 fully saturated rings. The fourth-order valence-electron chi connectivity index (χ4n) is 8.20. The standard InChI is InChI=1S/C42H44F3N13O6/c1-2-58-53-38(52-54-58)41(34(59)31(24-63-41)64-39(61)42(43,44)45)57-25-48-33-35(47-22-30(26-9-5-3-6-10-26)27-11-7-4-8-12-27)50-40(51-36(33)57)56-16-15-29(23-56)49-37(60)28-13-14-32(46-21-28)55-17-19-62-20-18-55/h3-14,21,25,29-31,34,59H,2,15-20,22-24H2,1H3,(H,49,60)(H,47,50,51)/t29-,31+,34-,41+/m1/s1. The molecule has 1 amide bonds. The van der Waals surface area contributed by atoms with Crippen LogP contribution in [0, 0.1) is 0 Å². The highest BCUT2D eigenvalue weighted by Gasteiger charge is 2.59. The maximum Gasteiger partial charge on any atom is 0.490 e. The normalized spacial score (nSPS) is 21.4. The Balaban J connectivity index is 1.06. The van der Waals surface area contributed by atoms with E-state index in [0.29, 0.717) is 63.7 Å². The average molecular weight is 884 g/mol. The van der Waals surface area contributed by atoms with E-state index in [0.717, 1.165) is 16.9 Å². The minimum atomic E-state index is -5.34. The van der Waals surface area contributed by atoms with Gasteiger partial charge in [-0.25, -0.2) is 14.8 Å². The van der Waals surface area contributed by atoms with E-state index in [1.807, 2.05) is 71.6 Å². The number of esters is 1. The summed E-state index contributed by atoms with van der Waals surface area (Å²) in [4.78, 5) is 49.8. The lowest BCUT2D eigenvalue weighted by Gasteiger charge is -2.30. The van der Waals surface area contributed by atoms with E-state index in [4.69, 9.17) is 24.2 Å². The third-order valence-electron chi connectivity index (χ3n) is 11.5.